The molecule has 0 aliphatic carbocycles. The molecule has 0 aliphatic rings. The fourth-order valence-electron chi connectivity index (χ4n) is 2.05. The van der Waals surface area contributed by atoms with Crippen LogP contribution in [-0.4, -0.2) is 11.0 Å². The maximum Gasteiger partial charge on any atom is 0.289 e. The van der Waals surface area contributed by atoms with Crippen LogP contribution in [-0.2, 0) is 6.42 Å². The van der Waals surface area contributed by atoms with Crippen LogP contribution in [0.4, 0.5) is 11.4 Å². The third-order valence-electron chi connectivity index (χ3n) is 3.01. The Labute approximate surface area is 136 Å². The zero-order chi connectivity index (χ0) is 15.4. The van der Waals surface area contributed by atoms with Crippen molar-refractivity contribution in [1.82, 2.24) is 0 Å². The zero-order valence-corrected chi connectivity index (χ0v) is 13.7. The van der Waals surface area contributed by atoms with Crippen molar-refractivity contribution < 1.29 is 4.92 Å². The smallest absolute Gasteiger partial charge is 0.289 e. The van der Waals surface area contributed by atoms with Crippen molar-refractivity contribution >= 4 is 38.9 Å². The van der Waals surface area contributed by atoms with E-state index < -0.39 is 4.92 Å². The van der Waals surface area contributed by atoms with Crippen LogP contribution in [0.2, 0.25) is 5.02 Å². The van der Waals surface area contributed by atoms with Crippen LogP contribution in [0.25, 0.3) is 0 Å². The molecule has 1 atom stereocenters. The van der Waals surface area contributed by atoms with Gasteiger partial charge in [0, 0.05) is 22.3 Å². The van der Waals surface area contributed by atoms with Gasteiger partial charge in [-0.05, 0) is 43.2 Å². The molecule has 0 saturated heterocycles. The van der Waals surface area contributed by atoms with Gasteiger partial charge in [0.25, 0.3) is 5.69 Å². The molecule has 0 aliphatic heterocycles. The molecule has 0 aromatic heterocycles. The van der Waals surface area contributed by atoms with Crippen LogP contribution >= 0.6 is 27.5 Å². The summed E-state index contributed by atoms with van der Waals surface area (Å²) in [4.78, 5) is 10.4. The van der Waals surface area contributed by atoms with Gasteiger partial charge < -0.3 is 5.32 Å². The van der Waals surface area contributed by atoms with Gasteiger partial charge in [-0.2, -0.15) is 0 Å². The third kappa shape index (κ3) is 4.44. The summed E-state index contributed by atoms with van der Waals surface area (Å²) in [6.45, 7) is 2.03. The molecule has 2 rings (SSSR count). The molecule has 0 amide bonds. The van der Waals surface area contributed by atoms with Crippen LogP contribution in [0.3, 0.4) is 0 Å². The average molecular weight is 370 g/mol. The second-order valence-electron chi connectivity index (χ2n) is 4.80. The van der Waals surface area contributed by atoms with Crippen molar-refractivity contribution in [2.75, 3.05) is 5.32 Å². The molecule has 1 N–H and O–H groups in total. The van der Waals surface area contributed by atoms with Crippen LogP contribution in [0.5, 0.6) is 0 Å². The fraction of sp³-hybridized carbons (Fsp3) is 0.200. The average Bonchev–Trinajstić information content (AvgIpc) is 2.43. The van der Waals surface area contributed by atoms with E-state index in [1.807, 2.05) is 31.2 Å². The van der Waals surface area contributed by atoms with E-state index in [2.05, 4.69) is 21.2 Å². The first-order chi connectivity index (χ1) is 9.95. The lowest BCUT2D eigenvalue weighted by molar-refractivity contribution is -0.384. The minimum Gasteiger partial charge on any atom is -0.382 e. The Morgan fingerprint density at radius 1 is 1.29 bits per heavy atom. The molecule has 2 aromatic carbocycles. The van der Waals surface area contributed by atoms with Gasteiger partial charge in [-0.3, -0.25) is 10.1 Å². The Hall–Kier alpha value is -1.59. The van der Waals surface area contributed by atoms with Gasteiger partial charge in [-0.1, -0.05) is 39.7 Å². The molecule has 4 nitrogen and oxygen atoms in total. The number of hydrogen-bond acceptors (Lipinski definition) is 3. The fourth-order valence-corrected chi connectivity index (χ4v) is 2.50. The van der Waals surface area contributed by atoms with E-state index in [1.165, 1.54) is 17.7 Å². The zero-order valence-electron chi connectivity index (χ0n) is 11.3. The highest BCUT2D eigenvalue weighted by atomic mass is 79.9. The van der Waals surface area contributed by atoms with Gasteiger partial charge in [0.1, 0.15) is 5.02 Å². The highest BCUT2D eigenvalue weighted by Crippen LogP contribution is 2.27. The van der Waals surface area contributed by atoms with Crippen molar-refractivity contribution in [1.29, 1.82) is 0 Å². The molecular formula is C15H14BrClN2O2. The second-order valence-corrected chi connectivity index (χ2v) is 6.12. The first-order valence-corrected chi connectivity index (χ1v) is 7.57. The van der Waals surface area contributed by atoms with Gasteiger partial charge in [0.05, 0.1) is 4.92 Å². The Balaban J connectivity index is 2.05. The van der Waals surface area contributed by atoms with E-state index in [0.717, 1.165) is 10.9 Å². The molecule has 0 radical (unpaired) electrons. The highest BCUT2D eigenvalue weighted by molar-refractivity contribution is 9.10. The SMILES string of the molecule is CC(Cc1ccc(Br)cc1)Nc1ccc(Cl)c([N+](=O)[O-])c1. The number of halogens is 2. The number of rotatable bonds is 5. The molecule has 0 heterocycles. The summed E-state index contributed by atoms with van der Waals surface area (Å²) in [7, 11) is 0. The molecule has 0 spiro atoms. The van der Waals surface area contributed by atoms with E-state index in [4.69, 9.17) is 11.6 Å². The van der Waals surface area contributed by atoms with Crippen LogP contribution < -0.4 is 5.32 Å². The van der Waals surface area contributed by atoms with Gasteiger partial charge in [-0.25, -0.2) is 0 Å². The minimum atomic E-state index is -0.479. The topological polar surface area (TPSA) is 55.2 Å². The Morgan fingerprint density at radius 2 is 1.95 bits per heavy atom. The monoisotopic (exact) mass is 368 g/mol. The van der Waals surface area contributed by atoms with Crippen LogP contribution in [0, 0.1) is 10.1 Å². The van der Waals surface area contributed by atoms with Crippen molar-refractivity contribution in [2.45, 2.75) is 19.4 Å². The summed E-state index contributed by atoms with van der Waals surface area (Å²) in [6, 6.07) is 13.0. The summed E-state index contributed by atoms with van der Waals surface area (Å²) in [6.07, 6.45) is 0.823. The second kappa shape index (κ2) is 6.91. The standard InChI is InChI=1S/C15H14BrClN2O2/c1-10(8-11-2-4-12(16)5-3-11)18-13-6-7-14(17)15(9-13)19(20)21/h2-7,9-10,18H,8H2,1H3. The van der Waals surface area contributed by atoms with E-state index in [9.17, 15) is 10.1 Å². The summed E-state index contributed by atoms with van der Waals surface area (Å²) in [5.41, 5.74) is 1.80. The molecule has 0 bridgehead atoms. The van der Waals surface area contributed by atoms with Crippen LogP contribution in [0.1, 0.15) is 12.5 Å². The largest absolute Gasteiger partial charge is 0.382 e. The van der Waals surface area contributed by atoms with E-state index in [1.54, 1.807) is 6.07 Å². The van der Waals surface area contributed by atoms with Crippen molar-refractivity contribution in [3.63, 3.8) is 0 Å². The number of nitrogens with one attached hydrogen (secondary N) is 1. The molecule has 110 valence electrons. The predicted octanol–water partition coefficient (Wildman–Crippen LogP) is 5.05. The number of nitro groups is 1. The molecule has 0 fully saturated rings. The first kappa shape index (κ1) is 15.8. The van der Waals surface area contributed by atoms with E-state index in [0.29, 0.717) is 5.69 Å². The maximum atomic E-state index is 10.9. The minimum absolute atomic E-state index is 0.0856. The number of nitrogens with zero attached hydrogens (tertiary/aromatic N) is 1. The van der Waals surface area contributed by atoms with Gasteiger partial charge in [0.2, 0.25) is 0 Å². The lowest BCUT2D eigenvalue weighted by Crippen LogP contribution is -2.18. The summed E-state index contributed by atoms with van der Waals surface area (Å²) in [5.74, 6) is 0. The van der Waals surface area contributed by atoms with Crippen LogP contribution in [0.15, 0.2) is 46.9 Å². The van der Waals surface area contributed by atoms with E-state index >= 15 is 0 Å². The Kier molecular flexibility index (Phi) is 5.20. The van der Waals surface area contributed by atoms with Crippen molar-refractivity contribution in [3.05, 3.63) is 67.6 Å². The summed E-state index contributed by atoms with van der Waals surface area (Å²) >= 11 is 9.20. The van der Waals surface area contributed by atoms with Crippen molar-refractivity contribution in [3.8, 4) is 0 Å². The lowest BCUT2D eigenvalue weighted by Gasteiger charge is -2.15. The Morgan fingerprint density at radius 3 is 2.57 bits per heavy atom. The summed E-state index contributed by atoms with van der Waals surface area (Å²) in [5, 5.41) is 14.3. The van der Waals surface area contributed by atoms with Gasteiger partial charge in [-0.15, -0.1) is 0 Å². The molecular weight excluding hydrogens is 356 g/mol. The predicted molar refractivity (Wildman–Crippen MR) is 89.0 cm³/mol. The quantitative estimate of drug-likeness (QED) is 0.592. The van der Waals surface area contributed by atoms with Gasteiger partial charge in [0.15, 0.2) is 0 Å². The maximum absolute atomic E-state index is 10.9. The summed E-state index contributed by atoms with van der Waals surface area (Å²) < 4.78 is 1.04. The molecule has 1 unspecified atom stereocenters. The van der Waals surface area contributed by atoms with Gasteiger partial charge >= 0.3 is 0 Å². The normalized spacial score (nSPS) is 12.0. The number of hydrogen-bond donors (Lipinski definition) is 1. The molecule has 21 heavy (non-hydrogen) atoms. The van der Waals surface area contributed by atoms with E-state index in [-0.39, 0.29) is 16.8 Å². The number of benzene rings is 2. The van der Waals surface area contributed by atoms with Crippen molar-refractivity contribution in [2.24, 2.45) is 0 Å². The highest BCUT2D eigenvalue weighted by Gasteiger charge is 2.13. The Bertz CT molecular complexity index is 647. The lowest BCUT2D eigenvalue weighted by atomic mass is 10.1. The molecule has 0 saturated carbocycles. The number of nitro benzene ring substituents is 1. The third-order valence-corrected chi connectivity index (χ3v) is 3.86. The number of anilines is 1. The molecule has 6 heteroatoms. The first-order valence-electron chi connectivity index (χ1n) is 6.40. The molecule has 2 aromatic rings.